The highest BCUT2D eigenvalue weighted by atomic mass is 19.4. The number of amides is 1. The third kappa shape index (κ3) is 5.67. The van der Waals surface area contributed by atoms with E-state index in [9.17, 15) is 18.0 Å². The van der Waals surface area contributed by atoms with Crippen LogP contribution >= 0.6 is 0 Å². The molecule has 0 radical (unpaired) electrons. The largest absolute Gasteiger partial charge is 0.490 e. The van der Waals surface area contributed by atoms with E-state index in [4.69, 9.17) is 14.6 Å². The number of piperidine rings is 1. The molecule has 1 amide bonds. The zero-order chi connectivity index (χ0) is 20.9. The molecule has 0 atom stereocenters. The highest BCUT2D eigenvalue weighted by Crippen LogP contribution is 2.50. The first-order valence-electron chi connectivity index (χ1n) is 9.20. The van der Waals surface area contributed by atoms with E-state index in [0.717, 1.165) is 38.2 Å². The van der Waals surface area contributed by atoms with E-state index >= 15 is 0 Å². The Balaban J connectivity index is 0.000000345. The summed E-state index contributed by atoms with van der Waals surface area (Å²) in [5.41, 5.74) is 2.10. The molecule has 28 heavy (non-hydrogen) atoms. The lowest BCUT2D eigenvalue weighted by Crippen LogP contribution is -2.51. The lowest BCUT2D eigenvalue weighted by molar-refractivity contribution is -0.192. The van der Waals surface area contributed by atoms with Crippen molar-refractivity contribution in [3.05, 3.63) is 29.6 Å². The van der Waals surface area contributed by atoms with E-state index < -0.39 is 12.1 Å². The maximum atomic E-state index is 12.5. The molecule has 0 unspecified atom stereocenters. The van der Waals surface area contributed by atoms with Gasteiger partial charge in [-0.3, -0.25) is 9.78 Å². The van der Waals surface area contributed by atoms with Crippen LogP contribution in [-0.4, -0.2) is 58.8 Å². The van der Waals surface area contributed by atoms with Crippen LogP contribution in [0.5, 0.6) is 0 Å². The van der Waals surface area contributed by atoms with Gasteiger partial charge in [-0.25, -0.2) is 4.79 Å². The number of halogens is 3. The van der Waals surface area contributed by atoms with Crippen molar-refractivity contribution in [1.82, 2.24) is 9.88 Å². The number of pyridine rings is 1. The molecular formula is C19H25F3N2O4. The van der Waals surface area contributed by atoms with E-state index in [2.05, 4.69) is 11.9 Å². The second-order valence-corrected chi connectivity index (χ2v) is 7.27. The second-order valence-electron chi connectivity index (χ2n) is 7.27. The third-order valence-electron chi connectivity index (χ3n) is 5.24. The molecule has 0 bridgehead atoms. The van der Waals surface area contributed by atoms with Crippen molar-refractivity contribution in [2.24, 2.45) is 5.41 Å². The van der Waals surface area contributed by atoms with Gasteiger partial charge < -0.3 is 14.7 Å². The quantitative estimate of drug-likeness (QED) is 0.838. The topological polar surface area (TPSA) is 79.7 Å². The zero-order valence-corrected chi connectivity index (χ0v) is 16.0. The van der Waals surface area contributed by atoms with E-state index in [1.54, 1.807) is 6.20 Å². The molecule has 1 saturated heterocycles. The number of carbonyl (C=O) groups excluding carboxylic acids is 1. The predicted octanol–water partition coefficient (Wildman–Crippen LogP) is 3.44. The summed E-state index contributed by atoms with van der Waals surface area (Å²) in [5, 5.41) is 7.12. The van der Waals surface area contributed by atoms with Crippen molar-refractivity contribution >= 4 is 11.9 Å². The molecule has 1 aromatic rings. The minimum absolute atomic E-state index is 0.123. The number of carboxylic acid groups (broad SMARTS) is 1. The maximum absolute atomic E-state index is 12.5. The van der Waals surface area contributed by atoms with Gasteiger partial charge in [0.1, 0.15) is 0 Å². The minimum atomic E-state index is -5.08. The number of carboxylic acids is 1. The molecule has 2 heterocycles. The number of alkyl halides is 3. The lowest BCUT2D eigenvalue weighted by Gasteiger charge is -2.51. The molecule has 9 heteroatoms. The van der Waals surface area contributed by atoms with Crippen molar-refractivity contribution in [2.45, 2.75) is 51.8 Å². The lowest BCUT2D eigenvalue weighted by atomic mass is 9.61. The number of ether oxygens (including phenoxy) is 1. The fourth-order valence-electron chi connectivity index (χ4n) is 3.63. The molecule has 3 rings (SSSR count). The van der Waals surface area contributed by atoms with Crippen molar-refractivity contribution in [3.63, 3.8) is 0 Å². The van der Waals surface area contributed by atoms with Crippen molar-refractivity contribution in [1.29, 1.82) is 0 Å². The number of hydrogen-bond donors (Lipinski definition) is 1. The predicted molar refractivity (Wildman–Crippen MR) is 94.9 cm³/mol. The molecule has 6 nitrogen and oxygen atoms in total. The normalized spacial score (nSPS) is 18.8. The molecule has 1 saturated carbocycles. The second kappa shape index (κ2) is 8.89. The smallest absolute Gasteiger partial charge is 0.475 e. The van der Waals surface area contributed by atoms with E-state index in [1.165, 1.54) is 12.8 Å². The average molecular weight is 402 g/mol. The summed E-state index contributed by atoms with van der Waals surface area (Å²) >= 11 is 0. The van der Waals surface area contributed by atoms with Crippen LogP contribution in [0.15, 0.2) is 18.3 Å². The first kappa shape index (κ1) is 22.1. The number of hydrogen-bond acceptors (Lipinski definition) is 4. The highest BCUT2D eigenvalue weighted by molar-refractivity contribution is 5.94. The first-order valence-corrected chi connectivity index (χ1v) is 9.20. The third-order valence-corrected chi connectivity index (χ3v) is 5.24. The summed E-state index contributed by atoms with van der Waals surface area (Å²) in [6, 6.07) is 3.78. The van der Waals surface area contributed by atoms with E-state index in [-0.39, 0.29) is 5.91 Å². The number of rotatable bonds is 3. The van der Waals surface area contributed by atoms with Gasteiger partial charge in [0.2, 0.25) is 0 Å². The summed E-state index contributed by atoms with van der Waals surface area (Å²) in [5.74, 6) is -2.63. The fourth-order valence-corrected chi connectivity index (χ4v) is 3.63. The Kier molecular flexibility index (Phi) is 7.03. The summed E-state index contributed by atoms with van der Waals surface area (Å²) < 4.78 is 37.4. The average Bonchev–Trinajstić information content (AvgIpc) is 2.61. The fraction of sp³-hybridized carbons (Fsp3) is 0.632. The van der Waals surface area contributed by atoms with Crippen molar-refractivity contribution in [2.75, 3.05) is 19.7 Å². The number of carbonyl (C=O) groups is 2. The van der Waals surface area contributed by atoms with Gasteiger partial charge in [-0.05, 0) is 57.1 Å². The van der Waals surface area contributed by atoms with Crippen molar-refractivity contribution in [3.8, 4) is 0 Å². The Hall–Kier alpha value is -2.16. The van der Waals surface area contributed by atoms with Gasteiger partial charge in [0, 0.05) is 31.6 Å². The standard InChI is InChI=1S/C17H24N2O2.C2HF3O2/c1-3-21-15-10-17(11-15)6-8-19(9-7-17)16(20)14-5-4-13(2)18-12-14;3-2(4,5)1(6)7/h4-5,12,15H,3,6-11H2,1-2H3;(H,6,7). The van der Waals surface area contributed by atoms with Crippen LogP contribution in [0.4, 0.5) is 13.2 Å². The van der Waals surface area contributed by atoms with Gasteiger partial charge in [-0.15, -0.1) is 0 Å². The Morgan fingerprint density at radius 3 is 2.29 bits per heavy atom. The van der Waals surface area contributed by atoms with Crippen LogP contribution in [0.1, 0.15) is 48.7 Å². The Morgan fingerprint density at radius 1 is 1.29 bits per heavy atom. The van der Waals surface area contributed by atoms with Gasteiger partial charge >= 0.3 is 12.1 Å². The van der Waals surface area contributed by atoms with Crippen LogP contribution in [-0.2, 0) is 9.53 Å². The number of aliphatic carboxylic acids is 1. The van der Waals surface area contributed by atoms with Crippen LogP contribution < -0.4 is 0 Å². The Morgan fingerprint density at radius 2 is 1.86 bits per heavy atom. The molecule has 156 valence electrons. The first-order chi connectivity index (χ1) is 13.1. The summed E-state index contributed by atoms with van der Waals surface area (Å²) in [7, 11) is 0. The zero-order valence-electron chi connectivity index (χ0n) is 16.0. The molecule has 1 aromatic heterocycles. The molecule has 2 aliphatic rings. The summed E-state index contributed by atoms with van der Waals surface area (Å²) in [6.07, 6.45) is 1.64. The van der Waals surface area contributed by atoms with Crippen LogP contribution in [0.25, 0.3) is 0 Å². The minimum Gasteiger partial charge on any atom is -0.475 e. The highest BCUT2D eigenvalue weighted by Gasteiger charge is 2.46. The van der Waals surface area contributed by atoms with Crippen LogP contribution in [0.2, 0.25) is 0 Å². The molecule has 1 aliphatic carbocycles. The molecule has 1 N–H and O–H groups in total. The summed E-state index contributed by atoms with van der Waals surface area (Å²) in [6.45, 7) is 6.54. The van der Waals surface area contributed by atoms with Gasteiger partial charge in [0.05, 0.1) is 11.7 Å². The number of nitrogens with zero attached hydrogens (tertiary/aromatic N) is 2. The van der Waals surface area contributed by atoms with Crippen molar-refractivity contribution < 1.29 is 32.6 Å². The molecular weight excluding hydrogens is 377 g/mol. The van der Waals surface area contributed by atoms with E-state index in [1.807, 2.05) is 24.0 Å². The van der Waals surface area contributed by atoms with E-state index in [0.29, 0.717) is 17.1 Å². The molecule has 0 aromatic carbocycles. The Bertz CT molecular complexity index is 675. The van der Waals surface area contributed by atoms with Gasteiger partial charge in [-0.1, -0.05) is 0 Å². The number of likely N-dealkylation sites (tertiary alicyclic amines) is 1. The van der Waals surface area contributed by atoms with Crippen LogP contribution in [0, 0.1) is 12.3 Å². The maximum Gasteiger partial charge on any atom is 0.490 e. The molecule has 2 fully saturated rings. The number of aryl methyl sites for hydroxylation is 1. The summed E-state index contributed by atoms with van der Waals surface area (Å²) in [4.78, 5) is 27.5. The monoisotopic (exact) mass is 402 g/mol. The van der Waals surface area contributed by atoms with Gasteiger partial charge in [0.25, 0.3) is 5.91 Å². The number of aromatic nitrogens is 1. The van der Waals surface area contributed by atoms with Crippen LogP contribution in [0.3, 0.4) is 0 Å². The Labute approximate surface area is 161 Å². The SMILES string of the molecule is CCOC1CC2(CCN(C(=O)c3ccc(C)nc3)CC2)C1.O=C(O)C(F)(F)F. The van der Waals surface area contributed by atoms with Gasteiger partial charge in [0.15, 0.2) is 0 Å². The molecule has 1 aliphatic heterocycles. The van der Waals surface area contributed by atoms with Gasteiger partial charge in [-0.2, -0.15) is 13.2 Å². The molecule has 1 spiro atoms.